The molecule has 2 aromatic carbocycles. The van der Waals surface area contributed by atoms with Crippen molar-refractivity contribution in [2.45, 2.75) is 30.0 Å². The first-order chi connectivity index (χ1) is 14.8. The van der Waals surface area contributed by atoms with E-state index in [1.807, 2.05) is 37.6 Å². The second-order valence-corrected chi connectivity index (χ2v) is 10.9. The molecule has 0 fully saturated rings. The van der Waals surface area contributed by atoms with Crippen molar-refractivity contribution in [1.29, 1.82) is 0 Å². The lowest BCUT2D eigenvalue weighted by molar-refractivity contribution is -0.156. The number of rotatable bonds is 6. The van der Waals surface area contributed by atoms with E-state index in [1.54, 1.807) is 42.5 Å². The maximum absolute atomic E-state index is 14.7. The lowest BCUT2D eigenvalue weighted by atomic mass is 9.84. The van der Waals surface area contributed by atoms with Gasteiger partial charge in [-0.1, -0.05) is 62.4 Å². The highest BCUT2D eigenvalue weighted by Crippen LogP contribution is 2.67. The summed E-state index contributed by atoms with van der Waals surface area (Å²) >= 11 is 2.91. The predicted octanol–water partition coefficient (Wildman–Crippen LogP) is 7.00. The van der Waals surface area contributed by atoms with E-state index >= 15 is 0 Å². The Bertz CT molecular complexity index is 1100. The summed E-state index contributed by atoms with van der Waals surface area (Å²) in [6, 6.07) is 15.6. The number of Topliss-reactive ketones (excluding diaryl/α,β-unsaturated/α-hetero) is 1. The number of thioether (sulfide) groups is 2. The number of hydrogen-bond acceptors (Lipinski definition) is 3. The van der Waals surface area contributed by atoms with Gasteiger partial charge in [0.15, 0.2) is 5.78 Å². The van der Waals surface area contributed by atoms with E-state index in [9.17, 15) is 18.0 Å². The van der Waals surface area contributed by atoms with E-state index in [4.69, 9.17) is 0 Å². The summed E-state index contributed by atoms with van der Waals surface area (Å²) in [6.07, 6.45) is -4.54. The molecule has 3 aromatic rings. The third kappa shape index (κ3) is 3.41. The van der Waals surface area contributed by atoms with Crippen LogP contribution >= 0.6 is 23.5 Å². The Labute approximate surface area is 188 Å². The molecule has 0 saturated carbocycles. The van der Waals surface area contributed by atoms with Gasteiger partial charge in [-0.05, 0) is 23.1 Å². The molecule has 164 valence electrons. The summed E-state index contributed by atoms with van der Waals surface area (Å²) in [5, 5.41) is 0.587. The van der Waals surface area contributed by atoms with E-state index in [1.165, 1.54) is 23.5 Å². The second-order valence-electron chi connectivity index (χ2n) is 7.60. The fourth-order valence-electron chi connectivity index (χ4n) is 4.94. The topological polar surface area (TPSA) is 22.0 Å². The SMILES string of the molecule is CCSC1(SCC)c2c(c3ccccc3n2C)[C@@H](C(F)(F)F)[C@@H]1C(=O)c1ccccc1. The van der Waals surface area contributed by atoms with E-state index in [2.05, 4.69) is 0 Å². The molecule has 4 rings (SSSR count). The van der Waals surface area contributed by atoms with Gasteiger partial charge >= 0.3 is 6.18 Å². The lowest BCUT2D eigenvalue weighted by Crippen LogP contribution is -2.39. The lowest BCUT2D eigenvalue weighted by Gasteiger charge is -2.37. The molecule has 31 heavy (non-hydrogen) atoms. The molecule has 1 aromatic heterocycles. The zero-order valence-corrected chi connectivity index (χ0v) is 19.2. The number of benzene rings is 2. The van der Waals surface area contributed by atoms with E-state index in [0.29, 0.717) is 28.1 Å². The standard InChI is InChI=1S/C24H24F3NOS2/c1-4-30-23(31-5-2)20(21(29)15-11-7-6-8-12-15)19(24(25,26)27)18-16-13-9-10-14-17(16)28(3)22(18)23/h6-14,19-20H,4-5H2,1-3H3/t19-,20-/m1/s1. The zero-order chi connectivity index (χ0) is 22.4. The molecule has 0 saturated heterocycles. The highest BCUT2D eigenvalue weighted by molar-refractivity contribution is 8.17. The third-order valence-electron chi connectivity index (χ3n) is 5.94. The normalized spacial score (nSPS) is 20.2. The van der Waals surface area contributed by atoms with Crippen molar-refractivity contribution in [3.8, 4) is 0 Å². The zero-order valence-electron chi connectivity index (χ0n) is 17.6. The van der Waals surface area contributed by atoms with Gasteiger partial charge in [-0.2, -0.15) is 13.2 Å². The van der Waals surface area contributed by atoms with Crippen molar-refractivity contribution in [3.63, 3.8) is 0 Å². The van der Waals surface area contributed by atoms with Crippen molar-refractivity contribution in [3.05, 3.63) is 71.4 Å². The van der Waals surface area contributed by atoms with Gasteiger partial charge in [-0.3, -0.25) is 4.79 Å². The van der Waals surface area contributed by atoms with Gasteiger partial charge in [0.05, 0.1) is 11.8 Å². The molecule has 0 unspecified atom stereocenters. The molecule has 1 heterocycles. The van der Waals surface area contributed by atoms with Crippen LogP contribution in [0.15, 0.2) is 54.6 Å². The number of nitrogens with zero attached hydrogens (tertiary/aromatic N) is 1. The number of halogens is 3. The van der Waals surface area contributed by atoms with E-state index in [-0.39, 0.29) is 5.56 Å². The Morgan fingerprint density at radius 3 is 2.16 bits per heavy atom. The fourth-order valence-corrected chi connectivity index (χ4v) is 8.45. The van der Waals surface area contributed by atoms with Crippen molar-refractivity contribution in [2.24, 2.45) is 13.0 Å². The van der Waals surface area contributed by atoms with Crippen LogP contribution in [0.2, 0.25) is 0 Å². The number of carbonyl (C=O) groups excluding carboxylic acids is 1. The summed E-state index contributed by atoms with van der Waals surface area (Å²) < 4.78 is 45.1. The number of carbonyl (C=O) groups is 1. The molecule has 0 aliphatic heterocycles. The van der Waals surface area contributed by atoms with Crippen molar-refractivity contribution in [2.75, 3.05) is 11.5 Å². The first-order valence-electron chi connectivity index (χ1n) is 10.3. The van der Waals surface area contributed by atoms with Gasteiger partial charge in [0.2, 0.25) is 0 Å². The smallest absolute Gasteiger partial charge is 0.345 e. The molecule has 0 amide bonds. The highest BCUT2D eigenvalue weighted by atomic mass is 32.2. The molecule has 0 spiro atoms. The van der Waals surface area contributed by atoms with Crippen LogP contribution in [-0.4, -0.2) is 28.0 Å². The van der Waals surface area contributed by atoms with Gasteiger partial charge < -0.3 is 4.57 Å². The minimum atomic E-state index is -4.54. The van der Waals surface area contributed by atoms with Crippen molar-refractivity contribution >= 4 is 40.2 Å². The average Bonchev–Trinajstić information content (AvgIpc) is 3.20. The first kappa shape index (κ1) is 22.3. The summed E-state index contributed by atoms with van der Waals surface area (Å²) in [6.45, 7) is 3.88. The molecular weight excluding hydrogens is 439 g/mol. The summed E-state index contributed by atoms with van der Waals surface area (Å²) in [4.78, 5) is 13.7. The molecule has 0 radical (unpaired) electrons. The number of aryl methyl sites for hydroxylation is 1. The van der Waals surface area contributed by atoms with Crippen LogP contribution in [0.4, 0.5) is 13.2 Å². The minimum Gasteiger partial charge on any atom is -0.345 e. The number of para-hydroxylation sites is 1. The molecule has 7 heteroatoms. The largest absolute Gasteiger partial charge is 0.396 e. The number of aromatic nitrogens is 1. The van der Waals surface area contributed by atoms with Crippen LogP contribution in [0.1, 0.15) is 41.4 Å². The van der Waals surface area contributed by atoms with Crippen LogP contribution in [0.5, 0.6) is 0 Å². The van der Waals surface area contributed by atoms with Crippen molar-refractivity contribution < 1.29 is 18.0 Å². The Kier molecular flexibility index (Phi) is 5.94. The summed E-state index contributed by atoms with van der Waals surface area (Å²) in [5.41, 5.74) is 1.99. The van der Waals surface area contributed by atoms with Crippen LogP contribution in [0.25, 0.3) is 10.9 Å². The number of hydrogen-bond donors (Lipinski definition) is 0. The Balaban J connectivity index is 2.08. The maximum atomic E-state index is 14.7. The monoisotopic (exact) mass is 463 g/mol. The first-order valence-corrected chi connectivity index (χ1v) is 12.3. The average molecular weight is 464 g/mol. The summed E-state index contributed by atoms with van der Waals surface area (Å²) in [5.74, 6) is -2.30. The van der Waals surface area contributed by atoms with Gasteiger partial charge in [-0.15, -0.1) is 23.5 Å². The number of fused-ring (bicyclic) bond motifs is 3. The van der Waals surface area contributed by atoms with Gasteiger partial charge in [0.25, 0.3) is 0 Å². The predicted molar refractivity (Wildman–Crippen MR) is 124 cm³/mol. The highest BCUT2D eigenvalue weighted by Gasteiger charge is 2.65. The van der Waals surface area contributed by atoms with Crippen molar-refractivity contribution in [1.82, 2.24) is 4.57 Å². The molecule has 0 N–H and O–H groups in total. The number of alkyl halides is 3. The van der Waals surface area contributed by atoms with Gasteiger partial charge in [-0.25, -0.2) is 0 Å². The Morgan fingerprint density at radius 1 is 1.00 bits per heavy atom. The molecule has 2 atom stereocenters. The van der Waals surface area contributed by atoms with Crippen LogP contribution < -0.4 is 0 Å². The van der Waals surface area contributed by atoms with E-state index in [0.717, 1.165) is 5.52 Å². The summed E-state index contributed by atoms with van der Waals surface area (Å²) in [7, 11) is 1.82. The molecule has 1 aliphatic rings. The fraction of sp³-hybridized carbons (Fsp3) is 0.375. The molecule has 1 aliphatic carbocycles. The van der Waals surface area contributed by atoms with Crippen LogP contribution in [0.3, 0.4) is 0 Å². The Morgan fingerprint density at radius 2 is 1.58 bits per heavy atom. The van der Waals surface area contributed by atoms with Crippen LogP contribution in [-0.2, 0) is 11.1 Å². The maximum Gasteiger partial charge on any atom is 0.396 e. The second kappa shape index (κ2) is 8.24. The van der Waals surface area contributed by atoms with Gasteiger partial charge in [0.1, 0.15) is 4.08 Å². The third-order valence-corrected chi connectivity index (χ3v) is 8.98. The minimum absolute atomic E-state index is 0.266. The van der Waals surface area contributed by atoms with Crippen LogP contribution in [0, 0.1) is 5.92 Å². The molecule has 0 bridgehead atoms. The Hall–Kier alpha value is -1.86. The van der Waals surface area contributed by atoms with E-state index < -0.39 is 27.9 Å². The molecule has 2 nitrogen and oxygen atoms in total. The quantitative estimate of drug-likeness (QED) is 0.290. The number of ketones is 1. The molecular formula is C24H24F3NOS2. The van der Waals surface area contributed by atoms with Gasteiger partial charge in [0, 0.05) is 29.2 Å².